The molecule has 0 atom stereocenters. The summed E-state index contributed by atoms with van der Waals surface area (Å²) in [4.78, 5) is 49.6. The SMILES string of the molecule is Cc1c(-c2cc3cc(Nc4cc5n(n4)CS(=O)(=O)N(C(C)C)C5)ncc3c(NC(=O)OC(C)(C)C)c2F)cncc1N(C(=O)OC(C)(C)C)C(=O)OC(C)(C)C. The van der Waals surface area contributed by atoms with Gasteiger partial charge in [0.1, 0.15) is 22.6 Å². The van der Waals surface area contributed by atoms with Gasteiger partial charge in [0.15, 0.2) is 17.5 Å². The van der Waals surface area contributed by atoms with E-state index in [0.717, 1.165) is 0 Å². The Balaban J connectivity index is 1.64. The molecule has 16 nitrogen and oxygen atoms in total. The van der Waals surface area contributed by atoms with Crippen LogP contribution in [0.2, 0.25) is 0 Å². The van der Waals surface area contributed by atoms with Gasteiger partial charge in [-0.05, 0) is 106 Å². The molecule has 0 fully saturated rings. The number of nitrogens with one attached hydrogen (secondary N) is 2. The van der Waals surface area contributed by atoms with Gasteiger partial charge in [-0.2, -0.15) is 14.3 Å². The Kier molecular flexibility index (Phi) is 11.2. The molecule has 3 aromatic heterocycles. The van der Waals surface area contributed by atoms with Gasteiger partial charge >= 0.3 is 18.3 Å². The number of halogens is 1. The number of rotatable bonds is 6. The summed E-state index contributed by atoms with van der Waals surface area (Å²) >= 11 is 0. The summed E-state index contributed by atoms with van der Waals surface area (Å²) in [6.45, 7) is 20.2. The van der Waals surface area contributed by atoms with E-state index in [9.17, 15) is 22.8 Å². The van der Waals surface area contributed by atoms with Gasteiger partial charge in [0, 0.05) is 41.0 Å². The van der Waals surface area contributed by atoms with Crippen LogP contribution in [0.5, 0.6) is 0 Å². The monoisotopic (exact) mass is 796 g/mol. The van der Waals surface area contributed by atoms with Crippen LogP contribution in [0.4, 0.5) is 41.8 Å². The first kappa shape index (κ1) is 41.8. The highest BCUT2D eigenvalue weighted by molar-refractivity contribution is 7.88. The van der Waals surface area contributed by atoms with E-state index < -0.39 is 50.9 Å². The average molecular weight is 797 g/mol. The lowest BCUT2D eigenvalue weighted by Gasteiger charge is -2.29. The first-order valence-electron chi connectivity index (χ1n) is 17.9. The number of carbonyl (C=O) groups is 3. The van der Waals surface area contributed by atoms with Crippen LogP contribution in [0.15, 0.2) is 36.8 Å². The number of hydrogen-bond acceptors (Lipinski definition) is 12. The van der Waals surface area contributed by atoms with Crippen molar-refractivity contribution in [3.63, 3.8) is 0 Å². The fourth-order valence-corrected chi connectivity index (χ4v) is 7.49. The van der Waals surface area contributed by atoms with Crippen molar-refractivity contribution in [2.75, 3.05) is 15.5 Å². The summed E-state index contributed by atoms with van der Waals surface area (Å²) in [5.74, 6) is -0.575. The Morgan fingerprint density at radius 2 is 1.46 bits per heavy atom. The molecule has 0 unspecified atom stereocenters. The van der Waals surface area contributed by atoms with Gasteiger partial charge in [-0.25, -0.2) is 36.9 Å². The third kappa shape index (κ3) is 9.53. The zero-order valence-corrected chi connectivity index (χ0v) is 34.5. The Hall–Kier alpha value is -5.36. The van der Waals surface area contributed by atoms with Gasteiger partial charge in [-0.1, -0.05) is 0 Å². The van der Waals surface area contributed by atoms with E-state index in [1.54, 1.807) is 95.2 Å². The largest absolute Gasteiger partial charge is 0.444 e. The zero-order valence-electron chi connectivity index (χ0n) is 33.7. The molecule has 0 saturated carbocycles. The number of fused-ring (bicyclic) bond motifs is 2. The maximum absolute atomic E-state index is 16.9. The molecule has 0 saturated heterocycles. The van der Waals surface area contributed by atoms with Crippen LogP contribution in [0.25, 0.3) is 21.9 Å². The topological polar surface area (TPSA) is 187 Å². The molecule has 1 aliphatic rings. The van der Waals surface area contributed by atoms with Crippen molar-refractivity contribution >= 4 is 62.1 Å². The molecule has 18 heteroatoms. The molecule has 3 amide bonds. The molecule has 56 heavy (non-hydrogen) atoms. The third-order valence-corrected chi connectivity index (χ3v) is 9.95. The van der Waals surface area contributed by atoms with Crippen LogP contribution in [0.1, 0.15) is 87.4 Å². The van der Waals surface area contributed by atoms with E-state index in [4.69, 9.17) is 14.2 Å². The number of anilines is 4. The summed E-state index contributed by atoms with van der Waals surface area (Å²) in [7, 11) is -3.57. The molecule has 302 valence electrons. The first-order valence-corrected chi connectivity index (χ1v) is 19.5. The Labute approximate surface area is 325 Å². The molecule has 0 aliphatic carbocycles. The maximum atomic E-state index is 16.9. The van der Waals surface area contributed by atoms with Crippen molar-refractivity contribution in [3.8, 4) is 11.1 Å². The maximum Gasteiger partial charge on any atom is 0.424 e. The minimum absolute atomic E-state index is 0.0222. The predicted octanol–water partition coefficient (Wildman–Crippen LogP) is 8.22. The third-order valence-electron chi connectivity index (χ3n) is 8.11. The van der Waals surface area contributed by atoms with Crippen LogP contribution in [-0.4, -0.2) is 73.6 Å². The van der Waals surface area contributed by atoms with Gasteiger partial charge in [0.05, 0.1) is 29.8 Å². The highest BCUT2D eigenvalue weighted by atomic mass is 32.2. The average Bonchev–Trinajstić information content (AvgIpc) is 3.40. The molecule has 2 N–H and O–H groups in total. The molecule has 0 spiro atoms. The van der Waals surface area contributed by atoms with Gasteiger partial charge in [0.2, 0.25) is 10.0 Å². The number of ether oxygens (including phenoxy) is 3. The standard InChI is InChI=1S/C38H49FN8O8S/c1-21(2)46-19-24-15-30(44-45(24)20-56(46,51)52)42-29-14-23-13-25(31(39)32(27(23)17-41-29)43-33(48)53-36(4,5)6)26-16-40-18-28(22(26)3)47(34(49)54-37(7,8)9)35(50)55-38(10,11)12/h13-18,21H,19-20H2,1-12H3,(H,43,48)(H,41,42,44). The molecule has 0 radical (unpaired) electrons. The molecular formula is C38H49FN8O8S. The lowest BCUT2D eigenvalue weighted by atomic mass is 9.97. The number of amides is 3. The highest BCUT2D eigenvalue weighted by Gasteiger charge is 2.35. The summed E-state index contributed by atoms with van der Waals surface area (Å²) in [6.07, 6.45) is 1.03. The van der Waals surface area contributed by atoms with Crippen LogP contribution >= 0.6 is 0 Å². The number of hydrogen-bond donors (Lipinski definition) is 2. The van der Waals surface area contributed by atoms with Gasteiger partial charge in [0.25, 0.3) is 0 Å². The Bertz CT molecular complexity index is 2280. The van der Waals surface area contributed by atoms with E-state index >= 15 is 4.39 Å². The quantitative estimate of drug-likeness (QED) is 0.178. The number of sulfonamides is 1. The van der Waals surface area contributed by atoms with Gasteiger partial charge in [-0.3, -0.25) is 10.3 Å². The summed E-state index contributed by atoms with van der Waals surface area (Å²) < 4.78 is 61.9. The molecule has 0 bridgehead atoms. The molecule has 1 aromatic carbocycles. The number of nitrogens with zero attached hydrogens (tertiary/aromatic N) is 6. The van der Waals surface area contributed by atoms with Crippen LogP contribution in [0, 0.1) is 12.7 Å². The van der Waals surface area contributed by atoms with Crippen LogP contribution in [0.3, 0.4) is 0 Å². The Morgan fingerprint density at radius 1 is 0.857 bits per heavy atom. The fraction of sp³-hybridized carbons (Fsp3) is 0.474. The van der Waals surface area contributed by atoms with Gasteiger partial charge in [-0.15, -0.1) is 0 Å². The smallest absolute Gasteiger partial charge is 0.424 e. The predicted molar refractivity (Wildman–Crippen MR) is 210 cm³/mol. The second-order valence-corrected chi connectivity index (χ2v) is 18.6. The highest BCUT2D eigenvalue weighted by Crippen LogP contribution is 2.40. The molecular weight excluding hydrogens is 748 g/mol. The van der Waals surface area contributed by atoms with Crippen molar-refractivity contribution in [2.24, 2.45) is 0 Å². The summed E-state index contributed by atoms with van der Waals surface area (Å²) in [6, 6.07) is 4.61. The molecule has 5 rings (SSSR count). The number of imide groups is 1. The van der Waals surface area contributed by atoms with E-state index in [0.29, 0.717) is 21.8 Å². The summed E-state index contributed by atoms with van der Waals surface area (Å²) in [5.41, 5.74) is -2.06. The van der Waals surface area contributed by atoms with Crippen molar-refractivity contribution < 1.29 is 41.4 Å². The number of benzene rings is 1. The van der Waals surface area contributed by atoms with Crippen molar-refractivity contribution in [1.82, 2.24) is 24.1 Å². The number of pyridine rings is 2. The first-order chi connectivity index (χ1) is 25.7. The van der Waals surface area contributed by atoms with E-state index in [1.807, 2.05) is 0 Å². The van der Waals surface area contributed by atoms with Crippen LogP contribution in [-0.2, 0) is 36.7 Å². The lowest BCUT2D eigenvalue weighted by molar-refractivity contribution is 0.0429. The molecule has 4 heterocycles. The number of aromatic nitrogens is 4. The second-order valence-electron chi connectivity index (χ2n) is 16.7. The summed E-state index contributed by atoms with van der Waals surface area (Å²) in [5, 5.41) is 10.7. The van der Waals surface area contributed by atoms with E-state index in [1.165, 1.54) is 33.6 Å². The zero-order chi connectivity index (χ0) is 41.7. The van der Waals surface area contributed by atoms with Crippen molar-refractivity contribution in [2.45, 2.75) is 118 Å². The van der Waals surface area contributed by atoms with E-state index in [-0.39, 0.29) is 57.7 Å². The normalized spacial score (nSPS) is 14.6. The van der Waals surface area contributed by atoms with Crippen molar-refractivity contribution in [1.29, 1.82) is 0 Å². The lowest BCUT2D eigenvalue weighted by Crippen LogP contribution is -2.44. The van der Waals surface area contributed by atoms with Crippen molar-refractivity contribution in [3.05, 3.63) is 53.9 Å². The van der Waals surface area contributed by atoms with Crippen LogP contribution < -0.4 is 15.5 Å². The fourth-order valence-electron chi connectivity index (χ4n) is 5.84. The Morgan fingerprint density at radius 3 is 2.04 bits per heavy atom. The van der Waals surface area contributed by atoms with E-state index in [2.05, 4.69) is 25.7 Å². The minimum Gasteiger partial charge on any atom is -0.444 e. The molecule has 1 aliphatic heterocycles. The molecule has 4 aromatic rings. The second kappa shape index (κ2) is 14.9. The van der Waals surface area contributed by atoms with Gasteiger partial charge < -0.3 is 19.5 Å². The minimum atomic E-state index is -3.57. The number of carbonyl (C=O) groups excluding carboxylic acids is 3.